The van der Waals surface area contributed by atoms with Gasteiger partial charge in [-0.15, -0.1) is 0 Å². The molecule has 19 rings (SSSR count). The van der Waals surface area contributed by atoms with Crippen molar-refractivity contribution in [2.45, 2.75) is 0 Å². The fourth-order valence-corrected chi connectivity index (χ4v) is 16.3. The van der Waals surface area contributed by atoms with Crippen LogP contribution in [0.2, 0.25) is 0 Å². The summed E-state index contributed by atoms with van der Waals surface area (Å²) in [6, 6.07) is 160. The van der Waals surface area contributed by atoms with E-state index in [1.807, 2.05) is 0 Å². The van der Waals surface area contributed by atoms with E-state index in [2.05, 4.69) is 538 Å². The summed E-state index contributed by atoms with van der Waals surface area (Å²) in [6.45, 7) is 0. The molecule has 0 fully saturated rings. The molecule has 0 aliphatic rings. The number of para-hydroxylation sites is 8. The van der Waals surface area contributed by atoms with E-state index in [4.69, 9.17) is 0 Å². The van der Waals surface area contributed by atoms with Crippen LogP contribution in [-0.2, 0) is 7.05 Å². The largest absolute Gasteiger partial charge is 0.344 e. The zero-order valence-corrected chi connectivity index (χ0v) is 66.5. The Morgan fingerprint density at radius 1 is 0.175 bits per heavy atom. The molecular weight excluding hydrogens is 1460 g/mol. The molecule has 572 valence electrons. The number of nitrogens with zero attached hydrogens (tertiary/aromatic N) is 7. The first-order valence-electron chi connectivity index (χ1n) is 40.8. The van der Waals surface area contributed by atoms with E-state index in [0.29, 0.717) is 0 Å². The summed E-state index contributed by atoms with van der Waals surface area (Å²) < 4.78 is 7.05. The van der Waals surface area contributed by atoms with E-state index in [1.54, 1.807) is 0 Å². The standard InChI is InChI=1S/C113H85N7/c1-114-112-82-86(48-66-104-78-76-102(64-46-84-42-60-100(61-43-84)115(92-26-10-2-11-27-92)93-28-12-3-13-29-93)119(104)108-72-56-90(57-73-108)88-52-68-106(69-53-88)117(96-34-18-6-19-35-96)97-36-20-7-21-37-97)50-80-110(112)111-81-51-87(83-113(111)114)49-67-105-79-77-103(65-47-85-44-62-101(63-45-85)116(94-30-14-4-15-31-94)95-32-16-5-17-33-95)120(105)109-74-58-91(59-75-109)89-54-70-107(71-55-89)118(98-38-22-8-23-39-98)99-40-24-9-25-41-99/h2-83H,1H3/b64-46+,65-47+,66-48+,67-49+. The van der Waals surface area contributed by atoms with Gasteiger partial charge in [-0.2, -0.15) is 0 Å². The highest BCUT2D eigenvalue weighted by atomic mass is 15.2. The van der Waals surface area contributed by atoms with Gasteiger partial charge in [0.2, 0.25) is 0 Å². The zero-order valence-electron chi connectivity index (χ0n) is 66.5. The van der Waals surface area contributed by atoms with Crippen LogP contribution in [0.25, 0.3) is 104 Å². The molecule has 3 aromatic heterocycles. The van der Waals surface area contributed by atoms with Crippen molar-refractivity contribution in [3.63, 3.8) is 0 Å². The highest BCUT2D eigenvalue weighted by Gasteiger charge is 2.20. The average molecular weight is 1540 g/mol. The maximum absolute atomic E-state index is 2.35. The van der Waals surface area contributed by atoms with Gasteiger partial charge >= 0.3 is 0 Å². The topological polar surface area (TPSA) is 27.8 Å². The summed E-state index contributed by atoms with van der Waals surface area (Å²) in [5.41, 5.74) is 30.9. The van der Waals surface area contributed by atoms with Crippen LogP contribution in [0, 0.1) is 0 Å². The lowest BCUT2D eigenvalue weighted by Crippen LogP contribution is -2.09. The van der Waals surface area contributed by atoms with Gasteiger partial charge in [-0.05, 0) is 275 Å². The fourth-order valence-electron chi connectivity index (χ4n) is 16.3. The van der Waals surface area contributed by atoms with Gasteiger partial charge in [0.15, 0.2) is 0 Å². The lowest BCUT2D eigenvalue weighted by Gasteiger charge is -2.25. The molecule has 0 saturated heterocycles. The first kappa shape index (κ1) is 74.2. The Bertz CT molecular complexity index is 6230. The highest BCUT2D eigenvalue weighted by molar-refractivity contribution is 6.09. The number of aromatic nitrogens is 3. The molecule has 0 unspecified atom stereocenters. The number of hydrogen-bond acceptors (Lipinski definition) is 4. The summed E-state index contributed by atoms with van der Waals surface area (Å²) in [4.78, 5) is 9.19. The van der Waals surface area contributed by atoms with Crippen molar-refractivity contribution in [2.24, 2.45) is 7.05 Å². The van der Waals surface area contributed by atoms with E-state index in [1.165, 1.54) is 10.8 Å². The fraction of sp³-hybridized carbons (Fsp3) is 0.00885. The van der Waals surface area contributed by atoms with Gasteiger partial charge in [-0.1, -0.05) is 267 Å². The lowest BCUT2D eigenvalue weighted by atomic mass is 10.0. The predicted octanol–water partition coefficient (Wildman–Crippen LogP) is 30.8. The molecule has 16 aromatic carbocycles. The van der Waals surface area contributed by atoms with Crippen molar-refractivity contribution in [1.82, 2.24) is 13.7 Å². The van der Waals surface area contributed by atoms with E-state index < -0.39 is 0 Å². The van der Waals surface area contributed by atoms with Crippen molar-refractivity contribution in [3.05, 3.63) is 494 Å². The first-order valence-corrected chi connectivity index (χ1v) is 40.8. The van der Waals surface area contributed by atoms with Gasteiger partial charge in [-0.3, -0.25) is 0 Å². The Hall–Kier alpha value is -16.0. The minimum atomic E-state index is 1.06. The molecule has 3 heterocycles. The van der Waals surface area contributed by atoms with E-state index in [0.717, 1.165) is 158 Å². The van der Waals surface area contributed by atoms with Crippen LogP contribution in [0.15, 0.2) is 449 Å². The quantitative estimate of drug-likeness (QED) is 0.0603. The minimum Gasteiger partial charge on any atom is -0.344 e. The Labute approximate surface area is 702 Å². The molecule has 120 heavy (non-hydrogen) atoms. The summed E-state index contributed by atoms with van der Waals surface area (Å²) >= 11 is 0. The van der Waals surface area contributed by atoms with Crippen LogP contribution in [-0.4, -0.2) is 13.7 Å². The predicted molar refractivity (Wildman–Crippen MR) is 510 cm³/mol. The van der Waals surface area contributed by atoms with Gasteiger partial charge in [0.05, 0.1) is 0 Å². The Kier molecular flexibility index (Phi) is 21.2. The summed E-state index contributed by atoms with van der Waals surface area (Å²) in [5, 5.41) is 2.42. The molecule has 0 aliphatic carbocycles. The summed E-state index contributed by atoms with van der Waals surface area (Å²) in [5.74, 6) is 0. The molecule has 0 spiro atoms. The number of anilines is 12. The molecule has 0 atom stereocenters. The van der Waals surface area contributed by atoms with Crippen LogP contribution in [0.3, 0.4) is 0 Å². The Morgan fingerprint density at radius 3 is 0.600 bits per heavy atom. The molecular formula is C113H85N7. The third kappa shape index (κ3) is 15.9. The Balaban J connectivity index is 0.618. The zero-order chi connectivity index (χ0) is 80.3. The second-order valence-corrected chi connectivity index (χ2v) is 29.9. The average Bonchev–Trinajstić information content (AvgIpc) is 1.60. The third-order valence-electron chi connectivity index (χ3n) is 22.3. The third-order valence-corrected chi connectivity index (χ3v) is 22.3. The highest BCUT2D eigenvalue weighted by Crippen LogP contribution is 2.42. The van der Waals surface area contributed by atoms with Crippen LogP contribution in [0.4, 0.5) is 68.2 Å². The van der Waals surface area contributed by atoms with E-state index in [-0.39, 0.29) is 0 Å². The van der Waals surface area contributed by atoms with Crippen molar-refractivity contribution in [2.75, 3.05) is 19.6 Å². The van der Waals surface area contributed by atoms with Gasteiger partial charge in [0.25, 0.3) is 0 Å². The summed E-state index contributed by atoms with van der Waals surface area (Å²) in [7, 11) is 2.19. The number of benzene rings is 16. The van der Waals surface area contributed by atoms with Crippen molar-refractivity contribution < 1.29 is 0 Å². The minimum absolute atomic E-state index is 1.06. The van der Waals surface area contributed by atoms with Gasteiger partial charge in [-0.25, -0.2) is 0 Å². The molecule has 0 amide bonds. The van der Waals surface area contributed by atoms with Crippen LogP contribution in [0.1, 0.15) is 45.0 Å². The molecule has 0 radical (unpaired) electrons. The maximum atomic E-state index is 2.35. The Morgan fingerprint density at radius 2 is 0.367 bits per heavy atom. The van der Waals surface area contributed by atoms with Gasteiger partial charge in [0, 0.05) is 131 Å². The number of fused-ring (bicyclic) bond motifs is 3. The molecule has 0 bridgehead atoms. The molecule has 7 nitrogen and oxygen atoms in total. The number of hydrogen-bond donors (Lipinski definition) is 0. The van der Waals surface area contributed by atoms with Crippen LogP contribution < -0.4 is 19.6 Å². The first-order chi connectivity index (χ1) is 59.4. The molecule has 19 aromatic rings. The maximum Gasteiger partial charge on any atom is 0.0494 e. The van der Waals surface area contributed by atoms with Crippen molar-refractivity contribution >= 4 is 139 Å². The normalized spacial score (nSPS) is 11.6. The second-order valence-electron chi connectivity index (χ2n) is 29.9. The molecule has 0 aliphatic heterocycles. The monoisotopic (exact) mass is 1540 g/mol. The van der Waals surface area contributed by atoms with Crippen molar-refractivity contribution in [3.8, 4) is 33.6 Å². The van der Waals surface area contributed by atoms with Crippen LogP contribution in [0.5, 0.6) is 0 Å². The summed E-state index contributed by atoms with van der Waals surface area (Å²) in [6.07, 6.45) is 17.9. The van der Waals surface area contributed by atoms with Crippen LogP contribution >= 0.6 is 0 Å². The number of rotatable bonds is 24. The molecule has 0 saturated carbocycles. The smallest absolute Gasteiger partial charge is 0.0494 e. The molecule has 0 N–H and O–H groups in total. The lowest BCUT2D eigenvalue weighted by molar-refractivity contribution is 1.01. The molecule has 7 heteroatoms. The second kappa shape index (κ2) is 34.2. The SMILES string of the molecule is Cn1c2cc(/C=C/c3ccc(/C=C/c4ccc(N(c5ccccc5)c5ccccc5)cc4)n3-c3ccc(-c4ccc(N(c5ccccc5)c5ccccc5)cc4)cc3)ccc2c2ccc(/C=C/c3ccc(/C=C/c4ccc(N(c5ccccc5)c5ccccc5)cc4)n3-c3ccc(-c4ccc(N(c5ccccc5)c5ccccc5)cc4)cc3)cc21. The van der Waals surface area contributed by atoms with E-state index >= 15 is 0 Å². The van der Waals surface area contributed by atoms with Gasteiger partial charge < -0.3 is 33.3 Å². The van der Waals surface area contributed by atoms with Crippen molar-refractivity contribution in [1.29, 1.82) is 0 Å². The van der Waals surface area contributed by atoms with E-state index in [9.17, 15) is 0 Å². The van der Waals surface area contributed by atoms with Gasteiger partial charge in [0.1, 0.15) is 0 Å². The number of aryl methyl sites for hydroxylation is 1.